The summed E-state index contributed by atoms with van der Waals surface area (Å²) in [5.41, 5.74) is 2.12. The molecule has 0 aliphatic rings. The highest BCUT2D eigenvalue weighted by atomic mass is 32.2. The number of carbonyl (C=O) groups excluding carboxylic acids is 1. The van der Waals surface area contributed by atoms with Crippen LogP contribution in [0.1, 0.15) is 12.6 Å². The summed E-state index contributed by atoms with van der Waals surface area (Å²) in [4.78, 5) is 15.8. The number of carbonyl (C=O) groups is 1. The van der Waals surface area contributed by atoms with Gasteiger partial charge in [0.15, 0.2) is 0 Å². The zero-order valence-electron chi connectivity index (χ0n) is 14.6. The number of sulfonamides is 1. The fourth-order valence-electron chi connectivity index (χ4n) is 2.45. The lowest BCUT2D eigenvalue weighted by atomic mass is 10.1. The minimum absolute atomic E-state index is 0.135. The van der Waals surface area contributed by atoms with E-state index in [1.54, 1.807) is 30.3 Å². The van der Waals surface area contributed by atoms with Crippen LogP contribution in [0.4, 0.5) is 5.69 Å². The molecule has 0 atom stereocenters. The summed E-state index contributed by atoms with van der Waals surface area (Å²) >= 11 is 0. The van der Waals surface area contributed by atoms with Gasteiger partial charge in [-0.05, 0) is 24.3 Å². The van der Waals surface area contributed by atoms with E-state index in [0.29, 0.717) is 11.4 Å². The molecule has 0 radical (unpaired) electrons. The molecule has 6 nitrogen and oxygen atoms in total. The number of benzene rings is 2. The van der Waals surface area contributed by atoms with Crippen molar-refractivity contribution in [2.45, 2.75) is 18.4 Å². The molecule has 0 saturated carbocycles. The molecule has 1 aromatic heterocycles. The van der Waals surface area contributed by atoms with Crippen molar-refractivity contribution in [1.82, 2.24) is 4.98 Å². The fourth-order valence-corrected chi connectivity index (χ4v) is 3.56. The van der Waals surface area contributed by atoms with Gasteiger partial charge in [-0.1, -0.05) is 48.5 Å². The maximum atomic E-state index is 12.6. The Morgan fingerprint density at radius 2 is 1.59 bits per heavy atom. The molecule has 1 N–H and O–H groups in total. The molecular weight excluding hydrogens is 364 g/mol. The second kappa shape index (κ2) is 8.01. The first-order valence-electron chi connectivity index (χ1n) is 8.22. The molecule has 0 amide bonds. The lowest BCUT2D eigenvalue weighted by molar-refractivity contribution is -0.142. The third kappa shape index (κ3) is 4.71. The van der Waals surface area contributed by atoms with E-state index in [9.17, 15) is 13.2 Å². The topological polar surface area (TPSA) is 85.4 Å². The van der Waals surface area contributed by atoms with E-state index in [0.717, 1.165) is 5.56 Å². The number of nitrogens with one attached hydrogen (secondary N) is 1. The predicted molar refractivity (Wildman–Crippen MR) is 102 cm³/mol. The molecule has 0 spiro atoms. The normalized spacial score (nSPS) is 11.0. The van der Waals surface area contributed by atoms with Crippen LogP contribution in [0.2, 0.25) is 0 Å². The Hall–Kier alpha value is -3.19. The molecule has 3 rings (SSSR count). The van der Waals surface area contributed by atoms with Crippen molar-refractivity contribution in [3.05, 3.63) is 78.5 Å². The van der Waals surface area contributed by atoms with Gasteiger partial charge in [0.25, 0.3) is 10.0 Å². The van der Waals surface area contributed by atoms with Crippen molar-refractivity contribution in [3.63, 3.8) is 0 Å². The van der Waals surface area contributed by atoms with E-state index in [2.05, 4.69) is 9.71 Å². The molecular formula is C20H18N2O4S. The average molecular weight is 382 g/mol. The highest BCUT2D eigenvalue weighted by molar-refractivity contribution is 7.92. The van der Waals surface area contributed by atoms with Gasteiger partial charge in [0.2, 0.25) is 0 Å². The highest BCUT2D eigenvalue weighted by Crippen LogP contribution is 2.24. The number of esters is 1. The first kappa shape index (κ1) is 18.6. The van der Waals surface area contributed by atoms with Crippen LogP contribution in [-0.2, 0) is 26.2 Å². The molecule has 0 fully saturated rings. The van der Waals surface area contributed by atoms with Crippen molar-refractivity contribution in [2.24, 2.45) is 0 Å². The van der Waals surface area contributed by atoms with E-state index in [1.165, 1.54) is 19.1 Å². The summed E-state index contributed by atoms with van der Waals surface area (Å²) in [6, 6.07) is 20.8. The van der Waals surface area contributed by atoms with E-state index in [-0.39, 0.29) is 17.2 Å². The minimum Gasteiger partial charge on any atom is -0.459 e. The maximum absolute atomic E-state index is 12.6. The van der Waals surface area contributed by atoms with Gasteiger partial charge in [-0.15, -0.1) is 0 Å². The summed E-state index contributed by atoms with van der Waals surface area (Å²) in [7, 11) is -3.78. The Balaban J connectivity index is 1.97. The highest BCUT2D eigenvalue weighted by Gasteiger charge is 2.17. The van der Waals surface area contributed by atoms with Gasteiger partial charge in [-0.25, -0.2) is 13.4 Å². The number of hydrogen-bond acceptors (Lipinski definition) is 5. The van der Waals surface area contributed by atoms with Crippen molar-refractivity contribution < 1.29 is 17.9 Å². The van der Waals surface area contributed by atoms with Gasteiger partial charge in [-0.2, -0.15) is 0 Å². The number of rotatable bonds is 6. The van der Waals surface area contributed by atoms with E-state index in [4.69, 9.17) is 4.74 Å². The monoisotopic (exact) mass is 382 g/mol. The van der Waals surface area contributed by atoms with Gasteiger partial charge in [0, 0.05) is 12.5 Å². The zero-order valence-corrected chi connectivity index (χ0v) is 15.4. The zero-order chi connectivity index (χ0) is 19.3. The molecule has 0 aliphatic carbocycles. The molecule has 1 heterocycles. The van der Waals surface area contributed by atoms with Crippen LogP contribution in [0, 0.1) is 0 Å². The molecule has 0 bridgehead atoms. The number of ether oxygens (including phenoxy) is 1. The second-order valence-electron chi connectivity index (χ2n) is 5.76. The maximum Gasteiger partial charge on any atom is 0.303 e. The van der Waals surface area contributed by atoms with Crippen molar-refractivity contribution in [3.8, 4) is 11.3 Å². The van der Waals surface area contributed by atoms with Crippen LogP contribution < -0.4 is 4.72 Å². The molecule has 0 unspecified atom stereocenters. The Bertz CT molecular complexity index is 1040. The standard InChI is InChI=1S/C20H18N2O4S/c1-15(23)26-14-20-19(22-27(24,25)17-10-6-3-7-11-17)13-12-18(21-20)16-8-4-2-5-9-16/h2-13,22H,14H2,1H3. The van der Waals surface area contributed by atoms with E-state index < -0.39 is 16.0 Å². The third-order valence-electron chi connectivity index (χ3n) is 3.75. The summed E-state index contributed by atoms with van der Waals surface area (Å²) in [6.45, 7) is 1.15. The SMILES string of the molecule is CC(=O)OCc1nc(-c2ccccc2)ccc1NS(=O)(=O)c1ccccc1. The Morgan fingerprint density at radius 3 is 2.22 bits per heavy atom. The van der Waals surface area contributed by atoms with Gasteiger partial charge >= 0.3 is 5.97 Å². The molecule has 0 aliphatic heterocycles. The first-order valence-corrected chi connectivity index (χ1v) is 9.70. The van der Waals surface area contributed by atoms with Crippen LogP contribution in [0.3, 0.4) is 0 Å². The smallest absolute Gasteiger partial charge is 0.303 e. The molecule has 27 heavy (non-hydrogen) atoms. The van der Waals surface area contributed by atoms with Crippen LogP contribution in [0.15, 0.2) is 77.7 Å². The first-order chi connectivity index (χ1) is 13.0. The number of anilines is 1. The number of pyridine rings is 1. The van der Waals surface area contributed by atoms with E-state index >= 15 is 0 Å². The third-order valence-corrected chi connectivity index (χ3v) is 5.14. The quantitative estimate of drug-likeness (QED) is 0.658. The van der Waals surface area contributed by atoms with Crippen LogP contribution in [0.25, 0.3) is 11.3 Å². The number of aromatic nitrogens is 1. The van der Waals surface area contributed by atoms with Gasteiger partial charge in [0.1, 0.15) is 12.3 Å². The molecule has 138 valence electrons. The van der Waals surface area contributed by atoms with Crippen LogP contribution in [0.5, 0.6) is 0 Å². The molecule has 2 aromatic carbocycles. The van der Waals surface area contributed by atoms with Crippen molar-refractivity contribution >= 4 is 21.7 Å². The predicted octanol–water partition coefficient (Wildman–Crippen LogP) is 3.61. The summed E-state index contributed by atoms with van der Waals surface area (Å²) in [5.74, 6) is -0.473. The molecule has 7 heteroatoms. The lowest BCUT2D eigenvalue weighted by Crippen LogP contribution is -2.15. The number of hydrogen-bond donors (Lipinski definition) is 1. The lowest BCUT2D eigenvalue weighted by Gasteiger charge is -2.13. The van der Waals surface area contributed by atoms with Crippen molar-refractivity contribution in [2.75, 3.05) is 4.72 Å². The largest absolute Gasteiger partial charge is 0.459 e. The average Bonchev–Trinajstić information content (AvgIpc) is 2.68. The van der Waals surface area contributed by atoms with Gasteiger partial charge in [-0.3, -0.25) is 9.52 Å². The molecule has 0 saturated heterocycles. The Morgan fingerprint density at radius 1 is 0.963 bits per heavy atom. The summed E-state index contributed by atoms with van der Waals surface area (Å²) in [6.07, 6.45) is 0. The van der Waals surface area contributed by atoms with Crippen LogP contribution in [-0.4, -0.2) is 19.4 Å². The minimum atomic E-state index is -3.78. The summed E-state index contributed by atoms with van der Waals surface area (Å²) in [5, 5.41) is 0. The van der Waals surface area contributed by atoms with Gasteiger partial charge < -0.3 is 4.74 Å². The van der Waals surface area contributed by atoms with E-state index in [1.807, 2.05) is 30.3 Å². The van der Waals surface area contributed by atoms with Gasteiger partial charge in [0.05, 0.1) is 16.3 Å². The summed E-state index contributed by atoms with van der Waals surface area (Å²) < 4.78 is 32.8. The fraction of sp³-hybridized carbons (Fsp3) is 0.100. The Kier molecular flexibility index (Phi) is 5.52. The van der Waals surface area contributed by atoms with Crippen molar-refractivity contribution in [1.29, 1.82) is 0 Å². The Labute approximate surface area is 157 Å². The second-order valence-corrected chi connectivity index (χ2v) is 7.44. The number of nitrogens with zero attached hydrogens (tertiary/aromatic N) is 1. The van der Waals surface area contributed by atoms with Crippen LogP contribution >= 0.6 is 0 Å². The molecule has 3 aromatic rings.